The fourth-order valence-corrected chi connectivity index (χ4v) is 3.15. The van der Waals surface area contributed by atoms with Crippen LogP contribution in [0.15, 0.2) is 30.5 Å². The van der Waals surface area contributed by atoms with Gasteiger partial charge in [-0.2, -0.15) is 0 Å². The average molecular weight is 401 g/mol. The number of ether oxygens (including phenoxy) is 1. The van der Waals surface area contributed by atoms with Crippen LogP contribution in [0.25, 0.3) is 0 Å². The predicted octanol–water partition coefficient (Wildman–Crippen LogP) is 4.66. The summed E-state index contributed by atoms with van der Waals surface area (Å²) >= 11 is 17.8. The molecule has 1 saturated heterocycles. The first kappa shape index (κ1) is 18.1. The van der Waals surface area contributed by atoms with Crippen molar-refractivity contribution in [2.24, 2.45) is 0 Å². The van der Waals surface area contributed by atoms with Gasteiger partial charge in [-0.25, -0.2) is 4.98 Å². The number of amides is 1. The largest absolute Gasteiger partial charge is 0.482 e. The van der Waals surface area contributed by atoms with Crippen LogP contribution in [0.2, 0.25) is 15.1 Å². The van der Waals surface area contributed by atoms with Gasteiger partial charge in [0.1, 0.15) is 11.6 Å². The van der Waals surface area contributed by atoms with Gasteiger partial charge in [-0.15, -0.1) is 0 Å². The van der Waals surface area contributed by atoms with Gasteiger partial charge in [0, 0.05) is 19.2 Å². The van der Waals surface area contributed by atoms with Gasteiger partial charge < -0.3 is 15.0 Å². The average Bonchev–Trinajstić information content (AvgIpc) is 3.12. The van der Waals surface area contributed by atoms with Crippen molar-refractivity contribution in [3.63, 3.8) is 0 Å². The van der Waals surface area contributed by atoms with E-state index in [1.165, 1.54) is 25.0 Å². The molecule has 3 rings (SSSR count). The van der Waals surface area contributed by atoms with Crippen LogP contribution in [0.1, 0.15) is 12.8 Å². The summed E-state index contributed by atoms with van der Waals surface area (Å²) in [6.45, 7) is 1.88. The second-order valence-corrected chi connectivity index (χ2v) is 6.85. The number of anilines is 2. The highest BCUT2D eigenvalue weighted by Crippen LogP contribution is 2.33. The van der Waals surface area contributed by atoms with Crippen LogP contribution in [-0.4, -0.2) is 30.6 Å². The Kier molecular flexibility index (Phi) is 5.89. The number of carbonyl (C=O) groups is 1. The number of nitrogens with one attached hydrogen (secondary N) is 1. The molecule has 1 aliphatic heterocycles. The van der Waals surface area contributed by atoms with E-state index in [1.807, 2.05) is 6.07 Å². The van der Waals surface area contributed by atoms with Gasteiger partial charge in [0.05, 0.1) is 27.0 Å². The third kappa shape index (κ3) is 4.69. The molecule has 0 aliphatic carbocycles. The molecule has 0 radical (unpaired) electrons. The first-order valence-corrected chi connectivity index (χ1v) is 8.94. The van der Waals surface area contributed by atoms with Crippen molar-refractivity contribution in [1.82, 2.24) is 4.98 Å². The molecular weight excluding hydrogens is 385 g/mol. The molecule has 25 heavy (non-hydrogen) atoms. The van der Waals surface area contributed by atoms with Crippen LogP contribution in [0.5, 0.6) is 5.75 Å². The van der Waals surface area contributed by atoms with Crippen molar-refractivity contribution in [3.05, 3.63) is 45.5 Å². The number of aromatic nitrogens is 1. The zero-order valence-electron chi connectivity index (χ0n) is 13.3. The molecule has 1 aromatic heterocycles. The minimum absolute atomic E-state index is 0.215. The number of halogens is 3. The van der Waals surface area contributed by atoms with E-state index in [1.54, 1.807) is 12.3 Å². The summed E-state index contributed by atoms with van der Waals surface area (Å²) < 4.78 is 5.39. The summed E-state index contributed by atoms with van der Waals surface area (Å²) in [6.07, 6.45) is 4.16. The SMILES string of the molecule is O=C(COc1cc(Cl)c(Cl)cc1Cl)Nc1ccc(N2CCCC2)cn1. The topological polar surface area (TPSA) is 54.5 Å². The Hall–Kier alpha value is -1.69. The number of hydrogen-bond acceptors (Lipinski definition) is 4. The molecule has 2 heterocycles. The lowest BCUT2D eigenvalue weighted by molar-refractivity contribution is -0.118. The van der Waals surface area contributed by atoms with Gasteiger partial charge in [-0.1, -0.05) is 34.8 Å². The molecule has 1 fully saturated rings. The van der Waals surface area contributed by atoms with Gasteiger partial charge in [-0.3, -0.25) is 4.79 Å². The normalized spacial score (nSPS) is 13.8. The Morgan fingerprint density at radius 3 is 2.52 bits per heavy atom. The standard InChI is InChI=1S/C17H16Cl3N3O2/c18-12-7-14(20)15(8-13(12)19)25-10-17(24)22-16-4-3-11(9-21-16)23-5-1-2-6-23/h3-4,7-9H,1-2,5-6,10H2,(H,21,22,24). The van der Waals surface area contributed by atoms with Gasteiger partial charge in [0.15, 0.2) is 6.61 Å². The fourth-order valence-electron chi connectivity index (χ4n) is 2.56. The number of rotatable bonds is 5. The number of carbonyl (C=O) groups excluding carboxylic acids is 1. The Bertz CT molecular complexity index is 762. The number of pyridine rings is 1. The van der Waals surface area contributed by atoms with Gasteiger partial charge in [0.25, 0.3) is 5.91 Å². The zero-order valence-corrected chi connectivity index (χ0v) is 15.5. The summed E-state index contributed by atoms with van der Waals surface area (Å²) in [7, 11) is 0. The van der Waals surface area contributed by atoms with E-state index in [0.29, 0.717) is 21.6 Å². The molecule has 1 N–H and O–H groups in total. The molecule has 1 aromatic carbocycles. The van der Waals surface area contributed by atoms with E-state index >= 15 is 0 Å². The Morgan fingerprint density at radius 1 is 1.12 bits per heavy atom. The maximum Gasteiger partial charge on any atom is 0.263 e. The molecule has 0 spiro atoms. The van der Waals surface area contributed by atoms with Crippen molar-refractivity contribution in [2.75, 3.05) is 29.9 Å². The monoisotopic (exact) mass is 399 g/mol. The third-order valence-electron chi connectivity index (χ3n) is 3.82. The van der Waals surface area contributed by atoms with E-state index < -0.39 is 0 Å². The van der Waals surface area contributed by atoms with Crippen LogP contribution in [0.4, 0.5) is 11.5 Å². The second-order valence-electron chi connectivity index (χ2n) is 5.63. The highest BCUT2D eigenvalue weighted by Gasteiger charge is 2.13. The van der Waals surface area contributed by atoms with Crippen molar-refractivity contribution < 1.29 is 9.53 Å². The molecule has 0 bridgehead atoms. The van der Waals surface area contributed by atoms with Crippen LogP contribution in [0, 0.1) is 0 Å². The third-order valence-corrected chi connectivity index (χ3v) is 4.84. The maximum atomic E-state index is 12.0. The lowest BCUT2D eigenvalue weighted by atomic mass is 10.3. The van der Waals surface area contributed by atoms with Crippen LogP contribution in [0.3, 0.4) is 0 Å². The summed E-state index contributed by atoms with van der Waals surface area (Å²) in [5, 5.41) is 3.60. The molecule has 2 aromatic rings. The van der Waals surface area contributed by atoms with E-state index in [9.17, 15) is 4.79 Å². The molecule has 1 aliphatic rings. The molecule has 0 saturated carbocycles. The fraction of sp³-hybridized carbons (Fsp3) is 0.294. The van der Waals surface area contributed by atoms with E-state index in [4.69, 9.17) is 39.5 Å². The lowest BCUT2D eigenvalue weighted by Crippen LogP contribution is -2.21. The number of hydrogen-bond donors (Lipinski definition) is 1. The molecule has 132 valence electrons. The lowest BCUT2D eigenvalue weighted by Gasteiger charge is -2.17. The second kappa shape index (κ2) is 8.13. The Balaban J connectivity index is 1.55. The van der Waals surface area contributed by atoms with E-state index in [2.05, 4.69) is 15.2 Å². The highest BCUT2D eigenvalue weighted by atomic mass is 35.5. The van der Waals surface area contributed by atoms with Crippen molar-refractivity contribution in [2.45, 2.75) is 12.8 Å². The maximum absolute atomic E-state index is 12.0. The Labute approximate surface area is 160 Å². The smallest absolute Gasteiger partial charge is 0.263 e. The van der Waals surface area contributed by atoms with Crippen LogP contribution >= 0.6 is 34.8 Å². The predicted molar refractivity (Wildman–Crippen MR) is 101 cm³/mol. The summed E-state index contributed by atoms with van der Waals surface area (Å²) in [5.74, 6) is 0.420. The Morgan fingerprint density at radius 2 is 1.84 bits per heavy atom. The molecule has 0 atom stereocenters. The molecule has 1 amide bonds. The minimum atomic E-state index is -0.344. The first-order chi connectivity index (χ1) is 12.0. The van der Waals surface area contributed by atoms with Crippen LogP contribution < -0.4 is 15.0 Å². The van der Waals surface area contributed by atoms with E-state index in [0.717, 1.165) is 18.8 Å². The highest BCUT2D eigenvalue weighted by molar-refractivity contribution is 6.43. The van der Waals surface area contributed by atoms with E-state index in [-0.39, 0.29) is 17.5 Å². The molecular formula is C17H16Cl3N3O2. The van der Waals surface area contributed by atoms with Gasteiger partial charge in [-0.05, 0) is 31.0 Å². The van der Waals surface area contributed by atoms with Gasteiger partial charge >= 0.3 is 0 Å². The van der Waals surface area contributed by atoms with Gasteiger partial charge in [0.2, 0.25) is 0 Å². The van der Waals surface area contributed by atoms with Crippen molar-refractivity contribution in [3.8, 4) is 5.75 Å². The summed E-state index contributed by atoms with van der Waals surface area (Å²) in [6, 6.07) is 6.67. The summed E-state index contributed by atoms with van der Waals surface area (Å²) in [5.41, 5.74) is 1.06. The number of benzene rings is 1. The number of nitrogens with zero attached hydrogens (tertiary/aromatic N) is 2. The quantitative estimate of drug-likeness (QED) is 0.742. The van der Waals surface area contributed by atoms with Crippen LogP contribution in [-0.2, 0) is 4.79 Å². The molecule has 8 heteroatoms. The summed E-state index contributed by atoms with van der Waals surface area (Å²) in [4.78, 5) is 18.5. The first-order valence-electron chi connectivity index (χ1n) is 7.81. The molecule has 5 nitrogen and oxygen atoms in total. The van der Waals surface area contributed by atoms with Crippen molar-refractivity contribution >= 4 is 52.2 Å². The molecule has 0 unspecified atom stereocenters. The zero-order chi connectivity index (χ0) is 17.8. The van der Waals surface area contributed by atoms with Crippen molar-refractivity contribution in [1.29, 1.82) is 0 Å². The minimum Gasteiger partial charge on any atom is -0.482 e.